The molecule has 116 valence electrons. The number of aromatic nitrogens is 1. The average Bonchev–Trinajstić information content (AvgIpc) is 2.47. The van der Waals surface area contributed by atoms with Gasteiger partial charge in [-0.2, -0.15) is 0 Å². The topological polar surface area (TPSA) is 71.7 Å². The smallest absolute Gasteiger partial charge is 0.363 e. The first-order chi connectivity index (χ1) is 9.96. The summed E-state index contributed by atoms with van der Waals surface area (Å²) in [4.78, 5) is 18.4. The summed E-state index contributed by atoms with van der Waals surface area (Å²) in [6.07, 6.45) is 3.61. The molecule has 0 aliphatic carbocycles. The molecule has 1 fully saturated rings. The van der Waals surface area contributed by atoms with Crippen molar-refractivity contribution >= 4 is 11.5 Å². The highest BCUT2D eigenvalue weighted by Gasteiger charge is 2.36. The van der Waals surface area contributed by atoms with Gasteiger partial charge in [-0.15, -0.1) is 0 Å². The highest BCUT2D eigenvalue weighted by molar-refractivity contribution is 5.47. The molecule has 1 aliphatic rings. The van der Waals surface area contributed by atoms with Gasteiger partial charge in [0.1, 0.15) is 0 Å². The minimum atomic E-state index is -0.481. The van der Waals surface area contributed by atoms with Crippen molar-refractivity contribution in [1.82, 2.24) is 9.88 Å². The monoisotopic (exact) mass is 294 g/mol. The molecule has 2 rings (SSSR count). The zero-order valence-electron chi connectivity index (χ0n) is 12.8. The summed E-state index contributed by atoms with van der Waals surface area (Å²) < 4.78 is 5.79. The Balaban J connectivity index is 2.14. The Morgan fingerprint density at radius 2 is 2.29 bits per heavy atom. The summed E-state index contributed by atoms with van der Waals surface area (Å²) in [7, 11) is 5.82. The van der Waals surface area contributed by atoms with Crippen molar-refractivity contribution < 1.29 is 9.66 Å². The van der Waals surface area contributed by atoms with E-state index in [0.717, 1.165) is 38.2 Å². The molecular formula is C14H22N4O3. The Bertz CT molecular complexity index is 491. The predicted octanol–water partition coefficient (Wildman–Crippen LogP) is 1.54. The summed E-state index contributed by atoms with van der Waals surface area (Å²) >= 11 is 0. The first-order valence-electron chi connectivity index (χ1n) is 7.01. The van der Waals surface area contributed by atoms with Crippen LogP contribution in [0.3, 0.4) is 0 Å². The normalized spacial score (nSPS) is 22.6. The summed E-state index contributed by atoms with van der Waals surface area (Å²) in [5.74, 6) is -0.123. The predicted molar refractivity (Wildman–Crippen MR) is 80.6 cm³/mol. The number of piperidine rings is 1. The Hall–Kier alpha value is -1.73. The Morgan fingerprint density at radius 3 is 2.81 bits per heavy atom. The highest BCUT2D eigenvalue weighted by atomic mass is 16.6. The van der Waals surface area contributed by atoms with Crippen LogP contribution < -0.4 is 4.90 Å². The molecule has 0 spiro atoms. The van der Waals surface area contributed by atoms with E-state index in [2.05, 4.69) is 14.8 Å². The van der Waals surface area contributed by atoms with Gasteiger partial charge in [-0.05, 0) is 42.9 Å². The third-order valence-corrected chi connectivity index (χ3v) is 3.86. The van der Waals surface area contributed by atoms with Crippen molar-refractivity contribution in [3.63, 3.8) is 0 Å². The minimum absolute atomic E-state index is 0.123. The van der Waals surface area contributed by atoms with Gasteiger partial charge in [0.25, 0.3) is 0 Å². The van der Waals surface area contributed by atoms with Crippen LogP contribution in [0, 0.1) is 10.1 Å². The lowest BCUT2D eigenvalue weighted by Gasteiger charge is -2.43. The molecule has 1 saturated heterocycles. The fourth-order valence-corrected chi connectivity index (χ4v) is 2.93. The van der Waals surface area contributed by atoms with Crippen molar-refractivity contribution in [2.24, 2.45) is 0 Å². The van der Waals surface area contributed by atoms with Gasteiger partial charge in [0.15, 0.2) is 6.20 Å². The zero-order valence-corrected chi connectivity index (χ0v) is 12.8. The number of rotatable bonds is 5. The SMILES string of the molecule is COC1(CN(C)C)CCCN(c2ccc([N+](=O)[O-])nc2)C1. The van der Waals surface area contributed by atoms with E-state index < -0.39 is 4.92 Å². The second-order valence-electron chi connectivity index (χ2n) is 5.78. The van der Waals surface area contributed by atoms with Crippen LogP contribution in [-0.2, 0) is 4.74 Å². The van der Waals surface area contributed by atoms with Crippen molar-refractivity contribution in [2.45, 2.75) is 18.4 Å². The number of likely N-dealkylation sites (N-methyl/N-ethyl adjacent to an activating group) is 1. The first kappa shape index (κ1) is 15.7. The maximum Gasteiger partial charge on any atom is 0.363 e. The van der Waals surface area contributed by atoms with Gasteiger partial charge in [0, 0.05) is 32.8 Å². The molecular weight excluding hydrogens is 272 g/mol. The molecule has 0 N–H and O–H groups in total. The summed E-state index contributed by atoms with van der Waals surface area (Å²) in [5, 5.41) is 10.7. The number of nitro groups is 1. The van der Waals surface area contributed by atoms with Gasteiger partial charge in [-0.25, -0.2) is 0 Å². The third kappa shape index (κ3) is 3.68. The van der Waals surface area contributed by atoms with Crippen molar-refractivity contribution in [3.8, 4) is 0 Å². The van der Waals surface area contributed by atoms with Crippen LogP contribution in [-0.4, -0.2) is 61.2 Å². The third-order valence-electron chi connectivity index (χ3n) is 3.86. The molecule has 0 bridgehead atoms. The molecule has 0 amide bonds. The second-order valence-corrected chi connectivity index (χ2v) is 5.78. The van der Waals surface area contributed by atoms with Crippen molar-refractivity contribution in [2.75, 3.05) is 45.7 Å². The molecule has 21 heavy (non-hydrogen) atoms. The molecule has 0 radical (unpaired) electrons. The fraction of sp³-hybridized carbons (Fsp3) is 0.643. The number of ether oxygens (including phenoxy) is 1. The summed E-state index contributed by atoms with van der Waals surface area (Å²) in [6.45, 7) is 2.53. The molecule has 1 aromatic heterocycles. The Labute approximate surface area is 124 Å². The maximum atomic E-state index is 10.7. The number of pyridine rings is 1. The van der Waals surface area contributed by atoms with E-state index in [0.29, 0.717) is 0 Å². The van der Waals surface area contributed by atoms with Gasteiger partial charge in [-0.1, -0.05) is 0 Å². The van der Waals surface area contributed by atoms with Crippen molar-refractivity contribution in [1.29, 1.82) is 0 Å². The van der Waals surface area contributed by atoms with E-state index in [9.17, 15) is 10.1 Å². The molecule has 0 aromatic carbocycles. The fourth-order valence-electron chi connectivity index (χ4n) is 2.93. The van der Waals surface area contributed by atoms with Crippen LogP contribution in [0.1, 0.15) is 12.8 Å². The first-order valence-corrected chi connectivity index (χ1v) is 7.01. The summed E-state index contributed by atoms with van der Waals surface area (Å²) in [6, 6.07) is 3.21. The second kappa shape index (κ2) is 6.36. The lowest BCUT2D eigenvalue weighted by Crippen LogP contribution is -2.54. The van der Waals surface area contributed by atoms with E-state index >= 15 is 0 Å². The lowest BCUT2D eigenvalue weighted by molar-refractivity contribution is -0.389. The maximum absolute atomic E-state index is 10.7. The quantitative estimate of drug-likeness (QED) is 0.606. The van der Waals surface area contributed by atoms with E-state index in [-0.39, 0.29) is 11.4 Å². The van der Waals surface area contributed by atoms with E-state index in [1.165, 1.54) is 6.07 Å². The lowest BCUT2D eigenvalue weighted by atomic mass is 9.91. The minimum Gasteiger partial charge on any atom is -0.375 e. The number of methoxy groups -OCH3 is 1. The molecule has 7 nitrogen and oxygen atoms in total. The Kier molecular flexibility index (Phi) is 4.74. The number of anilines is 1. The average molecular weight is 294 g/mol. The zero-order chi connectivity index (χ0) is 15.5. The largest absolute Gasteiger partial charge is 0.375 e. The van der Waals surface area contributed by atoms with Crippen LogP contribution >= 0.6 is 0 Å². The Morgan fingerprint density at radius 1 is 1.52 bits per heavy atom. The van der Waals surface area contributed by atoms with Gasteiger partial charge in [0.2, 0.25) is 0 Å². The molecule has 1 aliphatic heterocycles. The van der Waals surface area contributed by atoms with Gasteiger partial charge >= 0.3 is 5.82 Å². The van der Waals surface area contributed by atoms with Crippen LogP contribution in [0.25, 0.3) is 0 Å². The van der Waals surface area contributed by atoms with Crippen molar-refractivity contribution in [3.05, 3.63) is 28.4 Å². The molecule has 1 unspecified atom stereocenters. The van der Waals surface area contributed by atoms with Gasteiger partial charge in [-0.3, -0.25) is 0 Å². The van der Waals surface area contributed by atoms with Crippen LogP contribution in [0.15, 0.2) is 18.3 Å². The standard InChI is InChI=1S/C14H22N4O3/c1-16(2)10-14(21-3)7-4-8-17(11-14)12-5-6-13(15-9-12)18(19)20/h5-6,9H,4,7-8,10-11H2,1-3H3. The van der Waals surface area contributed by atoms with Crippen LogP contribution in [0.4, 0.5) is 11.5 Å². The molecule has 7 heteroatoms. The highest BCUT2D eigenvalue weighted by Crippen LogP contribution is 2.29. The van der Waals surface area contributed by atoms with E-state index in [1.807, 2.05) is 14.1 Å². The molecule has 0 saturated carbocycles. The number of hydrogen-bond donors (Lipinski definition) is 0. The van der Waals surface area contributed by atoms with Crippen LogP contribution in [0.2, 0.25) is 0 Å². The molecule has 2 heterocycles. The number of nitrogens with zero attached hydrogens (tertiary/aromatic N) is 4. The van der Waals surface area contributed by atoms with Crippen LogP contribution in [0.5, 0.6) is 0 Å². The molecule has 1 aromatic rings. The molecule has 1 atom stereocenters. The van der Waals surface area contributed by atoms with Gasteiger partial charge < -0.3 is 24.7 Å². The van der Waals surface area contributed by atoms with E-state index in [1.54, 1.807) is 19.4 Å². The van der Waals surface area contributed by atoms with E-state index in [4.69, 9.17) is 4.74 Å². The van der Waals surface area contributed by atoms with Gasteiger partial charge in [0.05, 0.1) is 11.3 Å². The number of hydrogen-bond acceptors (Lipinski definition) is 6. The summed E-state index contributed by atoms with van der Waals surface area (Å²) in [5.41, 5.74) is 0.698.